The van der Waals surface area contributed by atoms with E-state index in [-0.39, 0.29) is 5.91 Å². The van der Waals surface area contributed by atoms with Gasteiger partial charge in [-0.25, -0.2) is 4.98 Å². The van der Waals surface area contributed by atoms with Crippen LogP contribution in [0.5, 0.6) is 0 Å². The highest BCUT2D eigenvalue weighted by Gasteiger charge is 2.09. The molecule has 4 nitrogen and oxygen atoms in total. The zero-order valence-corrected chi connectivity index (χ0v) is 12.0. The highest BCUT2D eigenvalue weighted by molar-refractivity contribution is 6.05. The van der Waals surface area contributed by atoms with Crippen molar-refractivity contribution in [2.45, 2.75) is 20.8 Å². The van der Waals surface area contributed by atoms with E-state index in [0.717, 1.165) is 23.4 Å². The molecule has 0 radical (unpaired) electrons. The molecule has 2 aromatic rings. The molecule has 0 bridgehead atoms. The van der Waals surface area contributed by atoms with Crippen molar-refractivity contribution >= 4 is 17.4 Å². The average Bonchev–Trinajstić information content (AvgIpc) is 2.44. The first-order chi connectivity index (χ1) is 9.61. The van der Waals surface area contributed by atoms with E-state index < -0.39 is 0 Å². The number of nitrogens with zero attached hydrogens (tertiary/aromatic N) is 1. The molecule has 0 aliphatic heterocycles. The van der Waals surface area contributed by atoms with Crippen LogP contribution in [0.2, 0.25) is 0 Å². The summed E-state index contributed by atoms with van der Waals surface area (Å²) < 4.78 is 0. The topological polar surface area (TPSA) is 54.0 Å². The lowest BCUT2D eigenvalue weighted by Crippen LogP contribution is -2.13. The first-order valence-corrected chi connectivity index (χ1v) is 6.69. The van der Waals surface area contributed by atoms with Crippen molar-refractivity contribution < 1.29 is 4.79 Å². The maximum Gasteiger partial charge on any atom is 0.255 e. The minimum Gasteiger partial charge on any atom is -0.370 e. The third-order valence-corrected chi connectivity index (χ3v) is 3.23. The monoisotopic (exact) mass is 269 g/mol. The number of carbonyl (C=O) groups is 1. The molecular formula is C16H19N3O. The average molecular weight is 269 g/mol. The Balaban J connectivity index is 2.19. The second-order valence-corrected chi connectivity index (χ2v) is 4.66. The Morgan fingerprint density at radius 2 is 2.05 bits per heavy atom. The third-order valence-electron chi connectivity index (χ3n) is 3.23. The molecule has 1 amide bonds. The molecule has 4 heteroatoms. The standard InChI is InChI=1S/C16H19N3O/c1-4-17-15-10-13(8-9-18-15)16(20)19-14-7-5-6-11(2)12(14)3/h5-10H,4H2,1-3H3,(H,17,18)(H,19,20). The van der Waals surface area contributed by atoms with Crippen LogP contribution in [-0.4, -0.2) is 17.4 Å². The Morgan fingerprint density at radius 3 is 2.80 bits per heavy atom. The minimum atomic E-state index is -0.125. The molecule has 0 fully saturated rings. The van der Waals surface area contributed by atoms with E-state index in [1.165, 1.54) is 0 Å². The van der Waals surface area contributed by atoms with E-state index >= 15 is 0 Å². The van der Waals surface area contributed by atoms with Crippen LogP contribution in [0.15, 0.2) is 36.5 Å². The fourth-order valence-corrected chi connectivity index (χ4v) is 1.93. The van der Waals surface area contributed by atoms with E-state index in [1.807, 2.05) is 39.0 Å². The molecule has 1 aromatic carbocycles. The van der Waals surface area contributed by atoms with Crippen LogP contribution in [0.4, 0.5) is 11.5 Å². The number of hydrogen-bond acceptors (Lipinski definition) is 3. The summed E-state index contributed by atoms with van der Waals surface area (Å²) in [4.78, 5) is 16.4. The van der Waals surface area contributed by atoms with Gasteiger partial charge in [-0.05, 0) is 50.1 Å². The zero-order chi connectivity index (χ0) is 14.5. The number of carbonyl (C=O) groups excluding carboxylic acids is 1. The number of rotatable bonds is 4. The molecule has 0 unspecified atom stereocenters. The van der Waals surface area contributed by atoms with Crippen LogP contribution >= 0.6 is 0 Å². The third kappa shape index (κ3) is 3.15. The summed E-state index contributed by atoms with van der Waals surface area (Å²) in [5.41, 5.74) is 3.68. The normalized spacial score (nSPS) is 10.2. The van der Waals surface area contributed by atoms with Gasteiger partial charge in [-0.1, -0.05) is 12.1 Å². The second-order valence-electron chi connectivity index (χ2n) is 4.66. The van der Waals surface area contributed by atoms with E-state index in [2.05, 4.69) is 15.6 Å². The Hall–Kier alpha value is -2.36. The Bertz CT molecular complexity index is 623. The SMILES string of the molecule is CCNc1cc(C(=O)Nc2cccc(C)c2C)ccn1. The predicted molar refractivity (Wildman–Crippen MR) is 82.3 cm³/mol. The molecule has 0 saturated heterocycles. The molecule has 0 aliphatic rings. The molecule has 0 aliphatic carbocycles. The Labute approximate surface area is 119 Å². The van der Waals surface area contributed by atoms with Gasteiger partial charge in [-0.15, -0.1) is 0 Å². The molecule has 0 saturated carbocycles. The summed E-state index contributed by atoms with van der Waals surface area (Å²) in [7, 11) is 0. The summed E-state index contributed by atoms with van der Waals surface area (Å²) >= 11 is 0. The number of hydrogen-bond donors (Lipinski definition) is 2. The number of aromatic nitrogens is 1. The summed E-state index contributed by atoms with van der Waals surface area (Å²) in [6.07, 6.45) is 1.63. The minimum absolute atomic E-state index is 0.125. The molecule has 1 aromatic heterocycles. The first-order valence-electron chi connectivity index (χ1n) is 6.69. The summed E-state index contributed by atoms with van der Waals surface area (Å²) in [5, 5.41) is 6.04. The molecule has 104 valence electrons. The molecule has 2 N–H and O–H groups in total. The van der Waals surface area contributed by atoms with Crippen LogP contribution in [0.3, 0.4) is 0 Å². The van der Waals surface area contributed by atoms with Crippen molar-refractivity contribution in [1.29, 1.82) is 0 Å². The number of pyridine rings is 1. The molecule has 20 heavy (non-hydrogen) atoms. The lowest BCUT2D eigenvalue weighted by Gasteiger charge is -2.11. The molecule has 2 rings (SSSR count). The van der Waals surface area contributed by atoms with Crippen LogP contribution in [0.1, 0.15) is 28.4 Å². The smallest absolute Gasteiger partial charge is 0.255 e. The van der Waals surface area contributed by atoms with Crippen LogP contribution in [0.25, 0.3) is 0 Å². The lowest BCUT2D eigenvalue weighted by molar-refractivity contribution is 0.102. The van der Waals surface area contributed by atoms with Crippen molar-refractivity contribution in [3.8, 4) is 0 Å². The van der Waals surface area contributed by atoms with Crippen molar-refractivity contribution in [1.82, 2.24) is 4.98 Å². The number of aryl methyl sites for hydroxylation is 1. The fourth-order valence-electron chi connectivity index (χ4n) is 1.93. The van der Waals surface area contributed by atoms with Crippen molar-refractivity contribution in [2.75, 3.05) is 17.2 Å². The Morgan fingerprint density at radius 1 is 1.25 bits per heavy atom. The van der Waals surface area contributed by atoms with Gasteiger partial charge < -0.3 is 10.6 Å². The van der Waals surface area contributed by atoms with E-state index in [4.69, 9.17) is 0 Å². The van der Waals surface area contributed by atoms with E-state index in [1.54, 1.807) is 18.3 Å². The molecule has 0 spiro atoms. The molecular weight excluding hydrogens is 250 g/mol. The maximum absolute atomic E-state index is 12.3. The lowest BCUT2D eigenvalue weighted by atomic mass is 10.1. The zero-order valence-electron chi connectivity index (χ0n) is 12.0. The Kier molecular flexibility index (Phi) is 4.35. The van der Waals surface area contributed by atoms with Gasteiger partial charge in [0.15, 0.2) is 0 Å². The van der Waals surface area contributed by atoms with Gasteiger partial charge >= 0.3 is 0 Å². The van der Waals surface area contributed by atoms with Crippen LogP contribution < -0.4 is 10.6 Å². The van der Waals surface area contributed by atoms with Gasteiger partial charge in [0, 0.05) is 24.0 Å². The fraction of sp³-hybridized carbons (Fsp3) is 0.250. The van der Waals surface area contributed by atoms with Gasteiger partial charge in [0.1, 0.15) is 5.82 Å². The summed E-state index contributed by atoms with van der Waals surface area (Å²) in [6, 6.07) is 9.34. The highest BCUT2D eigenvalue weighted by atomic mass is 16.1. The largest absolute Gasteiger partial charge is 0.370 e. The molecule has 1 heterocycles. The van der Waals surface area contributed by atoms with Crippen molar-refractivity contribution in [2.24, 2.45) is 0 Å². The van der Waals surface area contributed by atoms with Crippen molar-refractivity contribution in [3.05, 3.63) is 53.2 Å². The highest BCUT2D eigenvalue weighted by Crippen LogP contribution is 2.19. The summed E-state index contributed by atoms with van der Waals surface area (Å²) in [6.45, 7) is 6.79. The second kappa shape index (κ2) is 6.19. The van der Waals surface area contributed by atoms with Gasteiger partial charge in [-0.3, -0.25) is 4.79 Å². The van der Waals surface area contributed by atoms with Crippen LogP contribution in [-0.2, 0) is 0 Å². The van der Waals surface area contributed by atoms with Gasteiger partial charge in [0.25, 0.3) is 5.91 Å². The molecule has 0 atom stereocenters. The maximum atomic E-state index is 12.3. The van der Waals surface area contributed by atoms with Gasteiger partial charge in [-0.2, -0.15) is 0 Å². The number of benzene rings is 1. The number of anilines is 2. The van der Waals surface area contributed by atoms with Crippen molar-refractivity contribution in [3.63, 3.8) is 0 Å². The predicted octanol–water partition coefficient (Wildman–Crippen LogP) is 3.38. The van der Waals surface area contributed by atoms with Crippen LogP contribution in [0, 0.1) is 13.8 Å². The van der Waals surface area contributed by atoms with Gasteiger partial charge in [0.05, 0.1) is 0 Å². The first kappa shape index (κ1) is 14.1. The van der Waals surface area contributed by atoms with E-state index in [9.17, 15) is 4.79 Å². The number of amides is 1. The number of nitrogens with one attached hydrogen (secondary N) is 2. The van der Waals surface area contributed by atoms with E-state index in [0.29, 0.717) is 11.4 Å². The summed E-state index contributed by atoms with van der Waals surface area (Å²) in [5.74, 6) is 0.585. The van der Waals surface area contributed by atoms with Gasteiger partial charge in [0.2, 0.25) is 0 Å². The quantitative estimate of drug-likeness (QED) is 0.894.